The van der Waals surface area contributed by atoms with E-state index in [1.165, 1.54) is 16.9 Å². The lowest BCUT2D eigenvalue weighted by Crippen LogP contribution is -2.30. The van der Waals surface area contributed by atoms with Gasteiger partial charge >= 0.3 is 21.5 Å². The molecule has 0 bridgehead atoms. The van der Waals surface area contributed by atoms with Crippen molar-refractivity contribution >= 4 is 50.0 Å². The quantitative estimate of drug-likeness (QED) is 0.113. The standard InChI is InChI=1S/C18H23F3N6O4S2/c1-10(2)31-16(28)11(3)32-17(23-22)25-24-13-8-12-6-5-7-27(4)15(12)9-14(13)26-33(29,30)18(19,20)21/h8-10,26H,3,5-7,22H2,1-2,4H3/b23-17-,25-24?. The van der Waals surface area contributed by atoms with E-state index in [0.717, 1.165) is 12.0 Å². The number of fused-ring (bicyclic) bond motifs is 1. The Balaban J connectivity index is 2.40. The average Bonchev–Trinajstić information content (AvgIpc) is 2.70. The molecular weight excluding hydrogens is 485 g/mol. The number of alkyl halides is 3. The van der Waals surface area contributed by atoms with Gasteiger partial charge < -0.3 is 15.5 Å². The zero-order valence-electron chi connectivity index (χ0n) is 18.0. The number of thioether (sulfide) groups is 1. The number of nitrogens with two attached hydrogens (primary N) is 1. The maximum absolute atomic E-state index is 12.9. The number of nitrogens with one attached hydrogen (secondary N) is 1. The molecule has 1 aliphatic rings. The summed E-state index contributed by atoms with van der Waals surface area (Å²) in [5.74, 6) is 4.53. The van der Waals surface area contributed by atoms with Gasteiger partial charge in [-0.2, -0.15) is 26.7 Å². The SMILES string of the molecule is C=C(S/C(N=Nc1cc2c(cc1NS(=O)(=O)C(F)(F)F)N(C)CCC2)=N\N)C(=O)OC(C)C. The highest BCUT2D eigenvalue weighted by Crippen LogP contribution is 2.38. The molecule has 0 aromatic heterocycles. The van der Waals surface area contributed by atoms with Gasteiger partial charge in [0.25, 0.3) is 0 Å². The molecule has 0 saturated carbocycles. The van der Waals surface area contributed by atoms with Crippen LogP contribution < -0.4 is 15.5 Å². The van der Waals surface area contributed by atoms with Crippen LogP contribution in [0.25, 0.3) is 0 Å². The Morgan fingerprint density at radius 2 is 2.03 bits per heavy atom. The Kier molecular flexibility index (Phi) is 8.35. The first-order valence-electron chi connectivity index (χ1n) is 9.49. The lowest BCUT2D eigenvalue weighted by Gasteiger charge is -2.28. The minimum Gasteiger partial charge on any atom is -0.459 e. The third-order valence-corrected chi connectivity index (χ3v) is 6.12. The number of amidine groups is 1. The number of benzene rings is 1. The van der Waals surface area contributed by atoms with E-state index in [9.17, 15) is 26.4 Å². The molecule has 1 aliphatic heterocycles. The van der Waals surface area contributed by atoms with Gasteiger partial charge in [0, 0.05) is 19.3 Å². The summed E-state index contributed by atoms with van der Waals surface area (Å²) in [6, 6.07) is 2.70. The maximum atomic E-state index is 12.9. The van der Waals surface area contributed by atoms with Crippen LogP contribution in [0, 0.1) is 0 Å². The van der Waals surface area contributed by atoms with E-state index in [4.69, 9.17) is 10.6 Å². The summed E-state index contributed by atoms with van der Waals surface area (Å²) >= 11 is 0.635. The summed E-state index contributed by atoms with van der Waals surface area (Å²) in [5.41, 5.74) is -4.84. The predicted molar refractivity (Wildman–Crippen MR) is 121 cm³/mol. The van der Waals surface area contributed by atoms with Crippen LogP contribution in [0.2, 0.25) is 0 Å². The molecule has 0 atom stereocenters. The summed E-state index contributed by atoms with van der Waals surface area (Å²) < 4.78 is 68.7. The predicted octanol–water partition coefficient (Wildman–Crippen LogP) is 3.84. The van der Waals surface area contributed by atoms with Gasteiger partial charge in [-0.05, 0) is 56.1 Å². The Labute approximate surface area is 193 Å². The van der Waals surface area contributed by atoms with Crippen LogP contribution in [0.5, 0.6) is 0 Å². The number of carbonyl (C=O) groups excluding carboxylic acids is 1. The molecule has 10 nitrogen and oxygen atoms in total. The first-order chi connectivity index (χ1) is 15.2. The van der Waals surface area contributed by atoms with Crippen molar-refractivity contribution in [3.63, 3.8) is 0 Å². The van der Waals surface area contributed by atoms with Crippen molar-refractivity contribution in [2.24, 2.45) is 21.2 Å². The largest absolute Gasteiger partial charge is 0.516 e. The lowest BCUT2D eigenvalue weighted by molar-refractivity contribution is -0.141. The van der Waals surface area contributed by atoms with Crippen LogP contribution in [-0.4, -0.2) is 44.8 Å². The van der Waals surface area contributed by atoms with Crippen molar-refractivity contribution in [2.45, 2.75) is 38.3 Å². The van der Waals surface area contributed by atoms with Crippen molar-refractivity contribution in [3.05, 3.63) is 29.2 Å². The minimum absolute atomic E-state index is 0.100. The molecule has 3 N–H and O–H groups in total. The Bertz CT molecular complexity index is 1090. The first kappa shape index (κ1) is 26.4. The Morgan fingerprint density at radius 1 is 1.36 bits per heavy atom. The topological polar surface area (TPSA) is 139 Å². The average molecular weight is 509 g/mol. The Hall–Kier alpha value is -2.81. The number of nitrogens with zero attached hydrogens (tertiary/aromatic N) is 4. The number of anilines is 2. The number of hydrazone groups is 1. The molecule has 0 amide bonds. The second kappa shape index (κ2) is 10.4. The summed E-state index contributed by atoms with van der Waals surface area (Å²) in [4.78, 5) is 13.6. The van der Waals surface area contributed by atoms with Gasteiger partial charge in [0.2, 0.25) is 5.17 Å². The second-order valence-corrected chi connectivity index (χ2v) is 9.90. The first-order valence-corrected chi connectivity index (χ1v) is 11.8. The third kappa shape index (κ3) is 6.83. The number of halogens is 3. The number of carbonyl (C=O) groups is 1. The van der Waals surface area contributed by atoms with Crippen molar-refractivity contribution in [3.8, 4) is 0 Å². The monoisotopic (exact) mass is 508 g/mol. The van der Waals surface area contributed by atoms with Gasteiger partial charge in [0.15, 0.2) is 0 Å². The fourth-order valence-electron chi connectivity index (χ4n) is 2.77. The van der Waals surface area contributed by atoms with Crippen LogP contribution in [0.15, 0.2) is 38.9 Å². The minimum atomic E-state index is -5.71. The molecule has 0 spiro atoms. The molecule has 15 heteroatoms. The lowest BCUT2D eigenvalue weighted by atomic mass is 10.0. The number of azo groups is 1. The molecule has 2 rings (SSSR count). The molecule has 182 valence electrons. The second-order valence-electron chi connectivity index (χ2n) is 7.17. The summed E-state index contributed by atoms with van der Waals surface area (Å²) in [6.07, 6.45) is 1.00. The highest BCUT2D eigenvalue weighted by molar-refractivity contribution is 8.17. The molecule has 1 aromatic rings. The van der Waals surface area contributed by atoms with Crippen LogP contribution >= 0.6 is 11.8 Å². The highest BCUT2D eigenvalue weighted by Gasteiger charge is 2.46. The van der Waals surface area contributed by atoms with E-state index in [1.54, 1.807) is 25.8 Å². The number of esters is 1. The van der Waals surface area contributed by atoms with E-state index in [-0.39, 0.29) is 15.8 Å². The molecular formula is C18H23F3N6O4S2. The van der Waals surface area contributed by atoms with Gasteiger partial charge in [0.05, 0.1) is 16.7 Å². The van der Waals surface area contributed by atoms with E-state index in [1.807, 2.05) is 0 Å². The van der Waals surface area contributed by atoms with Gasteiger partial charge in [-0.1, -0.05) is 6.58 Å². The number of rotatable bonds is 6. The molecule has 1 aromatic carbocycles. The zero-order chi connectivity index (χ0) is 25.0. The van der Waals surface area contributed by atoms with E-state index < -0.39 is 33.3 Å². The number of sulfonamides is 1. The fraction of sp³-hybridized carbons (Fsp3) is 0.444. The van der Waals surface area contributed by atoms with Gasteiger partial charge in [-0.25, -0.2) is 4.79 Å². The number of hydrogen-bond donors (Lipinski definition) is 2. The van der Waals surface area contributed by atoms with Gasteiger partial charge in [-0.15, -0.1) is 10.2 Å². The highest BCUT2D eigenvalue weighted by atomic mass is 32.2. The summed E-state index contributed by atoms with van der Waals surface area (Å²) in [5, 5.41) is 10.7. The van der Waals surface area contributed by atoms with Crippen molar-refractivity contribution < 1.29 is 31.1 Å². The molecule has 1 heterocycles. The molecule has 0 unspecified atom stereocenters. The van der Waals surface area contributed by atoms with E-state index in [0.29, 0.717) is 30.4 Å². The molecule has 0 radical (unpaired) electrons. The molecule has 0 saturated heterocycles. The van der Waals surface area contributed by atoms with Crippen LogP contribution in [0.4, 0.5) is 30.2 Å². The Morgan fingerprint density at radius 3 is 2.61 bits per heavy atom. The van der Waals surface area contributed by atoms with Crippen LogP contribution in [0.3, 0.4) is 0 Å². The molecule has 33 heavy (non-hydrogen) atoms. The normalized spacial score (nSPS) is 15.0. The zero-order valence-corrected chi connectivity index (χ0v) is 19.6. The van der Waals surface area contributed by atoms with E-state index >= 15 is 0 Å². The molecule has 0 aliphatic carbocycles. The van der Waals surface area contributed by atoms with Crippen molar-refractivity contribution in [1.29, 1.82) is 0 Å². The third-order valence-electron chi connectivity index (χ3n) is 4.24. The van der Waals surface area contributed by atoms with Crippen molar-refractivity contribution in [2.75, 3.05) is 23.2 Å². The van der Waals surface area contributed by atoms with Crippen molar-refractivity contribution in [1.82, 2.24) is 0 Å². The summed E-state index contributed by atoms with van der Waals surface area (Å²) in [6.45, 7) is 7.47. The number of hydrogen-bond acceptors (Lipinski definition) is 9. The molecule has 0 fully saturated rings. The van der Waals surface area contributed by atoms with Gasteiger partial charge in [0.1, 0.15) is 5.69 Å². The van der Waals surface area contributed by atoms with Gasteiger partial charge in [-0.3, -0.25) is 4.72 Å². The number of ether oxygens (including phenoxy) is 1. The van der Waals surface area contributed by atoms with Crippen LogP contribution in [-0.2, 0) is 26.0 Å². The smallest absolute Gasteiger partial charge is 0.459 e. The van der Waals surface area contributed by atoms with E-state index in [2.05, 4.69) is 21.9 Å². The van der Waals surface area contributed by atoms with Crippen LogP contribution in [0.1, 0.15) is 25.8 Å². The fourth-order valence-corrected chi connectivity index (χ4v) is 3.83. The number of aryl methyl sites for hydroxylation is 1. The summed E-state index contributed by atoms with van der Waals surface area (Å²) in [7, 11) is -3.97. The maximum Gasteiger partial charge on any atom is 0.516 e.